The lowest BCUT2D eigenvalue weighted by Crippen LogP contribution is -2.65. The predicted molar refractivity (Wildman–Crippen MR) is 211 cm³/mol. The molecule has 0 aromatic carbocycles. The number of hydrogen-bond acceptors (Lipinski definition) is 5. The topological polar surface area (TPSA) is 86.7 Å². The number of nitrogens with zero attached hydrogens (tertiary/aromatic N) is 1. The molecule has 0 bridgehead atoms. The van der Waals surface area contributed by atoms with Gasteiger partial charge in [0.25, 0.3) is 0 Å². The number of rotatable bonds is 12. The molecule has 2 N–H and O–H groups in total. The molecule has 0 spiro atoms. The first-order valence-corrected chi connectivity index (χ1v) is 23.5. The van der Waals surface area contributed by atoms with Crippen molar-refractivity contribution in [3.63, 3.8) is 0 Å². The van der Waals surface area contributed by atoms with Crippen LogP contribution >= 0.6 is 0 Å². The van der Waals surface area contributed by atoms with Gasteiger partial charge in [0.15, 0.2) is 9.84 Å². The predicted octanol–water partition coefficient (Wildman–Crippen LogP) is 9.34. The Morgan fingerprint density at radius 2 is 1.65 bits per heavy atom. The Labute approximate surface area is 317 Å². The first kappa shape index (κ1) is 40.7. The summed E-state index contributed by atoms with van der Waals surface area (Å²) >= 11 is 0. The summed E-state index contributed by atoms with van der Waals surface area (Å²) in [4.78, 5) is 14.4. The van der Waals surface area contributed by atoms with Crippen LogP contribution in [0.4, 0.5) is 4.39 Å². The quantitative estimate of drug-likeness (QED) is 0.194. The van der Waals surface area contributed by atoms with Gasteiger partial charge in [-0.15, -0.1) is 0 Å². The summed E-state index contributed by atoms with van der Waals surface area (Å²) in [6.45, 7) is 20.1. The third-order valence-corrected chi connectivity index (χ3v) is 19.3. The summed E-state index contributed by atoms with van der Waals surface area (Å²) in [6, 6.07) is 0. The molecular weight excluding hydrogens is 672 g/mol. The van der Waals surface area contributed by atoms with Crippen LogP contribution in [-0.2, 0) is 14.6 Å². The van der Waals surface area contributed by atoms with Crippen LogP contribution in [0.2, 0.25) is 0 Å². The Morgan fingerprint density at radius 1 is 0.962 bits per heavy atom. The lowest BCUT2D eigenvalue weighted by Gasteiger charge is -2.68. The maximum Gasteiger partial charge on any atom is 0.312 e. The van der Waals surface area contributed by atoms with Gasteiger partial charge < -0.3 is 15.3 Å². The highest BCUT2D eigenvalue weighted by Gasteiger charge is 2.67. The van der Waals surface area contributed by atoms with Gasteiger partial charge in [-0.1, -0.05) is 66.5 Å². The van der Waals surface area contributed by atoms with Crippen molar-refractivity contribution in [2.24, 2.45) is 63.1 Å². The summed E-state index contributed by atoms with van der Waals surface area (Å²) in [6.07, 6.45) is 18.9. The second kappa shape index (κ2) is 15.2. The van der Waals surface area contributed by atoms with Crippen LogP contribution in [0.5, 0.6) is 0 Å². The third kappa shape index (κ3) is 7.11. The summed E-state index contributed by atoms with van der Waals surface area (Å²) in [5.74, 6) is 4.25. The largest absolute Gasteiger partial charge is 0.481 e. The Morgan fingerprint density at radius 3 is 2.27 bits per heavy atom. The smallest absolute Gasteiger partial charge is 0.312 e. The third-order valence-electron chi connectivity index (χ3n) is 17.7. The van der Waals surface area contributed by atoms with Gasteiger partial charge in [0.1, 0.15) is 6.67 Å². The van der Waals surface area contributed by atoms with Crippen molar-refractivity contribution in [2.75, 3.05) is 44.4 Å². The Kier molecular flexibility index (Phi) is 11.9. The zero-order valence-electron chi connectivity index (χ0n) is 34.1. The molecule has 6 aliphatic rings. The molecule has 52 heavy (non-hydrogen) atoms. The minimum absolute atomic E-state index is 0.0518. The highest BCUT2D eigenvalue weighted by atomic mass is 32.2. The van der Waals surface area contributed by atoms with E-state index in [1.54, 1.807) is 5.57 Å². The van der Waals surface area contributed by atoms with E-state index in [9.17, 15) is 22.7 Å². The zero-order valence-corrected chi connectivity index (χ0v) is 34.9. The number of carboxylic acid groups (broad SMARTS) is 1. The van der Waals surface area contributed by atoms with Crippen molar-refractivity contribution in [2.45, 2.75) is 150 Å². The van der Waals surface area contributed by atoms with Crippen LogP contribution in [0.3, 0.4) is 0 Å². The van der Waals surface area contributed by atoms with Crippen LogP contribution in [0.1, 0.15) is 145 Å². The number of hydrogen-bond donors (Lipinski definition) is 2. The van der Waals surface area contributed by atoms with Crippen molar-refractivity contribution in [1.29, 1.82) is 0 Å². The second-order valence-electron chi connectivity index (χ2n) is 20.4. The van der Waals surface area contributed by atoms with Crippen LogP contribution < -0.4 is 5.32 Å². The molecule has 298 valence electrons. The van der Waals surface area contributed by atoms with Crippen molar-refractivity contribution in [3.8, 4) is 0 Å². The number of aliphatic carboxylic acids is 1. The van der Waals surface area contributed by atoms with Crippen molar-refractivity contribution in [3.05, 3.63) is 11.6 Å². The molecule has 1 aliphatic heterocycles. The normalized spacial score (nSPS) is 42.8. The van der Waals surface area contributed by atoms with E-state index in [0.717, 1.165) is 56.5 Å². The lowest BCUT2D eigenvalue weighted by molar-refractivity contribution is -0.179. The van der Waals surface area contributed by atoms with E-state index in [-0.39, 0.29) is 11.0 Å². The van der Waals surface area contributed by atoms with Gasteiger partial charge in [-0.05, 0) is 148 Å². The number of nitrogens with one attached hydrogen (secondary N) is 1. The minimum Gasteiger partial charge on any atom is -0.481 e. The molecule has 6 rings (SSSR count). The first-order valence-electron chi connectivity index (χ1n) is 21.7. The van der Waals surface area contributed by atoms with Crippen LogP contribution in [0, 0.1) is 63.1 Å². The molecular formula is C44H75FN2O4S. The molecule has 0 amide bonds. The van der Waals surface area contributed by atoms with E-state index in [2.05, 4.69) is 64.8 Å². The van der Waals surface area contributed by atoms with Gasteiger partial charge in [0, 0.05) is 31.7 Å². The van der Waals surface area contributed by atoms with E-state index in [1.807, 2.05) is 0 Å². The van der Waals surface area contributed by atoms with E-state index in [1.165, 1.54) is 57.8 Å². The summed E-state index contributed by atoms with van der Waals surface area (Å²) in [5.41, 5.74) is 1.29. The van der Waals surface area contributed by atoms with Crippen LogP contribution in [0.25, 0.3) is 0 Å². The van der Waals surface area contributed by atoms with Gasteiger partial charge in [0.05, 0.1) is 16.9 Å². The average Bonchev–Trinajstić information content (AvgIpc) is 3.49. The maximum atomic E-state index is 14.1. The standard InChI is InChI=1S/C44H75FN2O4S/c1-8-9-10-36(32-13-18-43(30-45,19-14-32)39(48)49)40(4,5)33-15-17-41(6)34(29-33)11-12-37-38-35(31(2)3)16-20-44(38,22-21-42(37,41)7)46-23-24-47-25-27-52(50,51)28-26-47/h10,31-35,37-38,46H,8-9,11-30H2,1-7H3,(H,48,49)/b36-10-/t32?,33-,34-,35+,37-,38-,41-,42-,43?,44+/m1/s1. The van der Waals surface area contributed by atoms with Crippen molar-refractivity contribution < 1.29 is 22.7 Å². The number of allylic oxidation sites excluding steroid dienone is 2. The number of carbonyl (C=O) groups is 1. The Hall–Kier alpha value is -0.990. The maximum absolute atomic E-state index is 14.1. The van der Waals surface area contributed by atoms with E-state index in [4.69, 9.17) is 0 Å². The fourth-order valence-electron chi connectivity index (χ4n) is 13.9. The molecule has 1 heterocycles. The number of halogens is 1. The molecule has 0 unspecified atom stereocenters. The van der Waals surface area contributed by atoms with Crippen LogP contribution in [-0.4, -0.2) is 74.3 Å². The molecule has 6 nitrogen and oxygen atoms in total. The fourth-order valence-corrected chi connectivity index (χ4v) is 15.2. The molecule has 1 saturated heterocycles. The Balaban J connectivity index is 1.17. The van der Waals surface area contributed by atoms with E-state index < -0.39 is 27.9 Å². The zero-order chi connectivity index (χ0) is 37.7. The Bertz CT molecular complexity index is 1410. The lowest BCUT2D eigenvalue weighted by atomic mass is 9.37. The summed E-state index contributed by atoms with van der Waals surface area (Å²) in [7, 11) is -2.86. The molecule has 0 aromatic rings. The van der Waals surface area contributed by atoms with E-state index >= 15 is 0 Å². The fraction of sp³-hybridized carbons (Fsp3) is 0.932. The summed E-state index contributed by atoms with van der Waals surface area (Å²) in [5, 5.41) is 14.1. The molecule has 8 heteroatoms. The first-order chi connectivity index (χ1) is 24.5. The number of alkyl halides is 1. The van der Waals surface area contributed by atoms with Gasteiger partial charge in [0.2, 0.25) is 0 Å². The van der Waals surface area contributed by atoms with Gasteiger partial charge in [-0.25, -0.2) is 12.8 Å². The van der Waals surface area contributed by atoms with Gasteiger partial charge in [-0.2, -0.15) is 0 Å². The average molecular weight is 747 g/mol. The van der Waals surface area contributed by atoms with E-state index in [0.29, 0.717) is 71.9 Å². The SMILES string of the molecule is CCC/C=C(/C1CCC(CF)(C(=O)O)CC1)C(C)(C)[C@@H]1CC[C@]2(C)[C@H](CC[C@@H]3[C@H]4[C@H](C(C)C)CC[C@]4(NCCN4CCS(=O)(=O)CC4)CC[C@]32C)C1. The molecule has 6 fully saturated rings. The number of fused-ring (bicyclic) bond motifs is 5. The minimum atomic E-state index is -2.86. The molecule has 5 aliphatic carbocycles. The van der Waals surface area contributed by atoms with Crippen molar-refractivity contribution >= 4 is 15.8 Å². The van der Waals surface area contributed by atoms with Crippen LogP contribution in [0.15, 0.2) is 11.6 Å². The molecule has 0 aromatic heterocycles. The monoisotopic (exact) mass is 747 g/mol. The molecule has 0 radical (unpaired) electrons. The van der Waals surface area contributed by atoms with Gasteiger partial charge in [-0.3, -0.25) is 4.79 Å². The molecule has 5 saturated carbocycles. The van der Waals surface area contributed by atoms with Crippen molar-refractivity contribution in [1.82, 2.24) is 10.2 Å². The second-order valence-corrected chi connectivity index (χ2v) is 22.7. The summed E-state index contributed by atoms with van der Waals surface area (Å²) < 4.78 is 38.1. The number of unbranched alkanes of at least 4 members (excludes halogenated alkanes) is 1. The highest BCUT2D eigenvalue weighted by molar-refractivity contribution is 7.91. The van der Waals surface area contributed by atoms with Gasteiger partial charge >= 0.3 is 5.97 Å². The number of carboxylic acids is 1. The number of sulfone groups is 1. The molecule has 8 atom stereocenters. The highest BCUT2D eigenvalue weighted by Crippen LogP contribution is 2.72.